The molecule has 4 heteroatoms. The zero-order chi connectivity index (χ0) is 16.4. The Morgan fingerprint density at radius 1 is 0.875 bits per heavy atom. The minimum absolute atomic E-state index is 0.543. The van der Waals surface area contributed by atoms with Gasteiger partial charge in [-0.05, 0) is 54.4 Å². The number of fused-ring (bicyclic) bond motifs is 2. The molecular weight excluding hydrogens is 319 g/mol. The molecule has 4 rings (SSSR count). The monoisotopic (exact) mass is 340 g/mol. The summed E-state index contributed by atoms with van der Waals surface area (Å²) in [7, 11) is 0.156. The third kappa shape index (κ3) is 3.19. The standard InChI is InChI=1S/C20H21O3P/c1-21-24(22-17-7-3-2-4-8-17)23-20-10-6-5-9-18(20)19-14-15-11-12-16(19)13-15/h2-12,15-16,19H,13-14H2,1H3. The summed E-state index contributed by atoms with van der Waals surface area (Å²) in [6.45, 7) is 0. The average Bonchev–Trinajstić information content (AvgIpc) is 3.26. The maximum absolute atomic E-state index is 6.12. The fraction of sp³-hybridized carbons (Fsp3) is 0.300. The first-order valence-corrected chi connectivity index (χ1v) is 9.45. The van der Waals surface area contributed by atoms with Gasteiger partial charge in [-0.1, -0.05) is 48.6 Å². The first-order chi connectivity index (χ1) is 11.8. The molecule has 4 atom stereocenters. The van der Waals surface area contributed by atoms with Crippen molar-refractivity contribution in [3.8, 4) is 11.5 Å². The zero-order valence-corrected chi connectivity index (χ0v) is 14.6. The maximum Gasteiger partial charge on any atom is 0.462 e. The summed E-state index contributed by atoms with van der Waals surface area (Å²) >= 11 is 0. The summed E-state index contributed by atoms with van der Waals surface area (Å²) in [4.78, 5) is 0. The van der Waals surface area contributed by atoms with Gasteiger partial charge < -0.3 is 9.05 Å². The van der Waals surface area contributed by atoms with Gasteiger partial charge in [0.05, 0.1) is 0 Å². The Kier molecular flexibility index (Phi) is 4.55. The summed E-state index contributed by atoms with van der Waals surface area (Å²) in [5, 5.41) is 0. The highest BCUT2D eigenvalue weighted by molar-refractivity contribution is 7.42. The molecule has 1 fully saturated rings. The van der Waals surface area contributed by atoms with Gasteiger partial charge in [-0.15, -0.1) is 0 Å². The van der Waals surface area contributed by atoms with Crippen LogP contribution in [0.2, 0.25) is 0 Å². The quantitative estimate of drug-likeness (QED) is 0.499. The van der Waals surface area contributed by atoms with Crippen molar-refractivity contribution in [1.82, 2.24) is 0 Å². The van der Waals surface area contributed by atoms with E-state index in [1.807, 2.05) is 42.5 Å². The molecule has 2 aliphatic rings. The molecule has 0 amide bonds. The molecule has 2 aromatic rings. The highest BCUT2D eigenvalue weighted by Crippen LogP contribution is 2.52. The second-order valence-corrected chi connectivity index (χ2v) is 7.50. The Labute approximate surface area is 144 Å². The number of hydrogen-bond acceptors (Lipinski definition) is 3. The van der Waals surface area contributed by atoms with E-state index in [1.54, 1.807) is 7.11 Å². The van der Waals surface area contributed by atoms with Crippen molar-refractivity contribution in [3.05, 3.63) is 72.3 Å². The lowest BCUT2D eigenvalue weighted by molar-refractivity contribution is 0.321. The van der Waals surface area contributed by atoms with Gasteiger partial charge >= 0.3 is 8.60 Å². The van der Waals surface area contributed by atoms with Crippen LogP contribution in [0, 0.1) is 11.8 Å². The van der Waals surface area contributed by atoms with Gasteiger partial charge in [-0.2, -0.15) is 0 Å². The first-order valence-electron chi connectivity index (χ1n) is 8.36. The Morgan fingerprint density at radius 2 is 1.67 bits per heavy atom. The second-order valence-electron chi connectivity index (χ2n) is 6.33. The Hall–Kier alpha value is -1.83. The van der Waals surface area contributed by atoms with E-state index in [0.717, 1.165) is 17.4 Å². The number of benzene rings is 2. The average molecular weight is 340 g/mol. The van der Waals surface area contributed by atoms with Crippen LogP contribution < -0.4 is 9.05 Å². The molecule has 124 valence electrons. The molecule has 0 spiro atoms. The normalized spacial score (nSPS) is 25.6. The van der Waals surface area contributed by atoms with E-state index in [9.17, 15) is 0 Å². The molecule has 0 aromatic heterocycles. The van der Waals surface area contributed by atoms with E-state index in [-0.39, 0.29) is 0 Å². The van der Waals surface area contributed by atoms with Gasteiger partial charge in [0, 0.05) is 7.11 Å². The molecule has 0 aliphatic heterocycles. The van der Waals surface area contributed by atoms with Crippen LogP contribution in [0.3, 0.4) is 0 Å². The van der Waals surface area contributed by atoms with Crippen molar-refractivity contribution < 1.29 is 13.6 Å². The minimum atomic E-state index is -1.47. The largest absolute Gasteiger partial charge is 0.462 e. The molecule has 0 saturated heterocycles. The molecule has 1 saturated carbocycles. The predicted octanol–water partition coefficient (Wildman–Crippen LogP) is 5.70. The number of rotatable bonds is 6. The van der Waals surface area contributed by atoms with Gasteiger partial charge in [0.2, 0.25) is 0 Å². The molecule has 2 aromatic carbocycles. The van der Waals surface area contributed by atoms with Crippen molar-refractivity contribution in [3.63, 3.8) is 0 Å². The van der Waals surface area contributed by atoms with Gasteiger partial charge in [-0.25, -0.2) is 0 Å². The smallest absolute Gasteiger partial charge is 0.418 e. The van der Waals surface area contributed by atoms with Crippen LogP contribution in [0.15, 0.2) is 66.7 Å². The lowest BCUT2D eigenvalue weighted by Gasteiger charge is -2.23. The van der Waals surface area contributed by atoms with Crippen LogP contribution in [0.4, 0.5) is 0 Å². The van der Waals surface area contributed by atoms with E-state index < -0.39 is 8.60 Å². The van der Waals surface area contributed by atoms with Crippen molar-refractivity contribution >= 4 is 8.60 Å². The summed E-state index contributed by atoms with van der Waals surface area (Å²) in [6.07, 6.45) is 7.23. The summed E-state index contributed by atoms with van der Waals surface area (Å²) in [5.74, 6) is 3.56. The van der Waals surface area contributed by atoms with E-state index in [0.29, 0.717) is 11.8 Å². The Bertz CT molecular complexity index is 716. The fourth-order valence-electron chi connectivity index (χ4n) is 3.75. The highest BCUT2D eigenvalue weighted by Gasteiger charge is 2.38. The molecule has 2 bridgehead atoms. The second kappa shape index (κ2) is 6.96. The van der Waals surface area contributed by atoms with Crippen LogP contribution in [0.25, 0.3) is 0 Å². The minimum Gasteiger partial charge on any atom is -0.418 e. The number of para-hydroxylation sites is 2. The van der Waals surface area contributed by atoms with Crippen LogP contribution >= 0.6 is 8.60 Å². The molecule has 0 heterocycles. The fourth-order valence-corrected chi connectivity index (χ4v) is 4.56. The maximum atomic E-state index is 6.12. The molecule has 24 heavy (non-hydrogen) atoms. The highest BCUT2D eigenvalue weighted by atomic mass is 31.2. The van der Waals surface area contributed by atoms with Crippen LogP contribution in [-0.2, 0) is 4.52 Å². The summed E-state index contributed by atoms with van der Waals surface area (Å²) in [6, 6.07) is 17.9. The predicted molar refractivity (Wildman–Crippen MR) is 96.2 cm³/mol. The van der Waals surface area contributed by atoms with E-state index >= 15 is 0 Å². The Balaban J connectivity index is 1.52. The third-order valence-corrected chi connectivity index (χ3v) is 5.85. The van der Waals surface area contributed by atoms with Gasteiger partial charge in [0.25, 0.3) is 0 Å². The molecule has 4 unspecified atom stereocenters. The van der Waals surface area contributed by atoms with Crippen LogP contribution in [0.1, 0.15) is 24.3 Å². The zero-order valence-electron chi connectivity index (χ0n) is 13.7. The molecule has 0 N–H and O–H groups in total. The molecule has 0 radical (unpaired) electrons. The van der Waals surface area contributed by atoms with Crippen molar-refractivity contribution in [2.45, 2.75) is 18.8 Å². The summed E-state index contributed by atoms with van der Waals surface area (Å²) in [5.41, 5.74) is 1.27. The van der Waals surface area contributed by atoms with E-state index in [1.165, 1.54) is 18.4 Å². The van der Waals surface area contributed by atoms with E-state index in [2.05, 4.69) is 24.3 Å². The van der Waals surface area contributed by atoms with Crippen LogP contribution in [-0.4, -0.2) is 7.11 Å². The third-order valence-electron chi connectivity index (χ3n) is 4.84. The number of hydrogen-bond donors (Lipinski definition) is 0. The molecule has 2 aliphatic carbocycles. The van der Waals surface area contributed by atoms with Crippen molar-refractivity contribution in [1.29, 1.82) is 0 Å². The SMILES string of the molecule is COP(Oc1ccccc1)Oc1ccccc1C1CC2C=CC1C2. The first kappa shape index (κ1) is 15.7. The van der Waals surface area contributed by atoms with Gasteiger partial charge in [0.15, 0.2) is 0 Å². The van der Waals surface area contributed by atoms with Crippen LogP contribution in [0.5, 0.6) is 11.5 Å². The Morgan fingerprint density at radius 3 is 2.38 bits per heavy atom. The number of allylic oxidation sites excluding steroid dienone is 2. The molecule has 3 nitrogen and oxygen atoms in total. The van der Waals surface area contributed by atoms with E-state index in [4.69, 9.17) is 13.6 Å². The van der Waals surface area contributed by atoms with Crippen molar-refractivity contribution in [2.75, 3.05) is 7.11 Å². The van der Waals surface area contributed by atoms with Gasteiger partial charge in [0.1, 0.15) is 11.5 Å². The van der Waals surface area contributed by atoms with Crippen molar-refractivity contribution in [2.24, 2.45) is 11.8 Å². The van der Waals surface area contributed by atoms with Gasteiger partial charge in [-0.3, -0.25) is 4.52 Å². The lowest BCUT2D eigenvalue weighted by Crippen LogP contribution is -2.07. The summed E-state index contributed by atoms with van der Waals surface area (Å²) < 4.78 is 17.4. The molecular formula is C20H21O3P. The topological polar surface area (TPSA) is 27.7 Å². The lowest BCUT2D eigenvalue weighted by atomic mass is 9.86.